The van der Waals surface area contributed by atoms with Crippen LogP contribution in [0.4, 0.5) is 0 Å². The molecular formula is CH4GaO3W. The molecule has 0 bridgehead atoms. The summed E-state index contributed by atoms with van der Waals surface area (Å²) in [6.07, 6.45) is 0. The molecule has 0 aliphatic rings. The SMILES string of the molecule is [CH3][W](=[O])=[O].[O]=[GaH]. The standard InChI is InChI=1S/CH3.Ga.3O.W.H/h1H3;;;;;;. The van der Waals surface area contributed by atoms with Gasteiger partial charge in [-0.15, -0.1) is 0 Å². The molecule has 0 saturated carbocycles. The van der Waals surface area contributed by atoms with Crippen LogP contribution in [0.2, 0.25) is 5.31 Å². The average Bonchev–Trinajstić information content (AvgIpc) is 1.41. The van der Waals surface area contributed by atoms with Gasteiger partial charge in [0, 0.05) is 0 Å². The average molecular weight is 318 g/mol. The van der Waals surface area contributed by atoms with Crippen molar-refractivity contribution in [2.75, 3.05) is 0 Å². The number of hydrogen-bond acceptors (Lipinski definition) is 3. The van der Waals surface area contributed by atoms with Gasteiger partial charge in [-0.3, -0.25) is 0 Å². The van der Waals surface area contributed by atoms with Gasteiger partial charge in [-0.25, -0.2) is 0 Å². The van der Waals surface area contributed by atoms with E-state index in [0.29, 0.717) is 0 Å². The first-order valence-corrected chi connectivity index (χ1v) is 7.57. The zero-order valence-electron chi connectivity index (χ0n) is 3.34. The van der Waals surface area contributed by atoms with E-state index in [1.807, 2.05) is 0 Å². The van der Waals surface area contributed by atoms with Crippen LogP contribution in [-0.4, -0.2) is 18.6 Å². The summed E-state index contributed by atoms with van der Waals surface area (Å²) < 4.78 is 26.7. The molecule has 0 unspecified atom stereocenters. The van der Waals surface area contributed by atoms with E-state index in [1.165, 1.54) is 5.31 Å². The van der Waals surface area contributed by atoms with Crippen LogP contribution in [0.5, 0.6) is 0 Å². The summed E-state index contributed by atoms with van der Waals surface area (Å²) in [4.78, 5) is 0. The number of hydrogen-bond donors (Lipinski definition) is 0. The first kappa shape index (κ1) is 9.87. The third kappa shape index (κ3) is 125. The topological polar surface area (TPSA) is 51.2 Å². The molecule has 0 aromatic carbocycles. The third-order valence-electron chi connectivity index (χ3n) is 0. The zero-order valence-corrected chi connectivity index (χ0v) is 9.24. The minimum absolute atomic E-state index is 0.125. The monoisotopic (exact) mass is 317 g/mol. The summed E-state index contributed by atoms with van der Waals surface area (Å²) in [5.41, 5.74) is 0. The fourth-order valence-corrected chi connectivity index (χ4v) is 0. The van der Waals surface area contributed by atoms with E-state index in [2.05, 4.69) is 0 Å². The second-order valence-corrected chi connectivity index (χ2v) is 3.29. The van der Waals surface area contributed by atoms with E-state index in [1.54, 1.807) is 0 Å². The van der Waals surface area contributed by atoms with E-state index in [-0.39, 0.29) is 18.6 Å². The van der Waals surface area contributed by atoms with Crippen LogP contribution in [0.15, 0.2) is 0 Å². The fraction of sp³-hybridized carbons (Fsp3) is 1.00. The van der Waals surface area contributed by atoms with Gasteiger partial charge in [0.15, 0.2) is 0 Å². The van der Waals surface area contributed by atoms with E-state index in [4.69, 9.17) is 10.3 Å². The molecule has 35 valence electrons. The zero-order chi connectivity index (χ0) is 5.58. The molecule has 0 amide bonds. The Balaban J connectivity index is 0. The van der Waals surface area contributed by atoms with E-state index >= 15 is 0 Å². The van der Waals surface area contributed by atoms with Crippen molar-refractivity contribution >= 4 is 18.6 Å². The Morgan fingerprint density at radius 3 is 1.33 bits per heavy atom. The van der Waals surface area contributed by atoms with Crippen molar-refractivity contribution < 1.29 is 27.6 Å². The minimum atomic E-state index is -3.03. The van der Waals surface area contributed by atoms with Gasteiger partial charge in [-0.05, 0) is 0 Å². The van der Waals surface area contributed by atoms with Gasteiger partial charge in [-0.2, -0.15) is 0 Å². The summed E-state index contributed by atoms with van der Waals surface area (Å²) >= 11 is -2.90. The Morgan fingerprint density at radius 2 is 1.33 bits per heavy atom. The molecule has 0 aromatic rings. The Bertz CT molecular complexity index is 68.9. The van der Waals surface area contributed by atoms with E-state index < -0.39 is 17.2 Å². The normalized spacial score (nSPS) is 4.67. The molecule has 0 atom stereocenters. The summed E-state index contributed by atoms with van der Waals surface area (Å²) in [6, 6.07) is 0. The predicted molar refractivity (Wildman–Crippen MR) is 15.1 cm³/mol. The van der Waals surface area contributed by atoms with Crippen LogP contribution in [0.1, 0.15) is 0 Å². The van der Waals surface area contributed by atoms with Crippen LogP contribution in [0.3, 0.4) is 0 Å². The molecule has 0 aliphatic heterocycles. The second-order valence-electron chi connectivity index (χ2n) is 0.401. The maximum atomic E-state index is 9.17. The summed E-state index contributed by atoms with van der Waals surface area (Å²) in [6.45, 7) is 0. The van der Waals surface area contributed by atoms with Crippen LogP contribution >= 0.6 is 0 Å². The van der Waals surface area contributed by atoms with Crippen molar-refractivity contribution in [2.45, 2.75) is 5.31 Å². The van der Waals surface area contributed by atoms with Crippen molar-refractivity contribution in [3.63, 3.8) is 0 Å². The molecule has 0 fully saturated rings. The third-order valence-corrected chi connectivity index (χ3v) is 0. The Kier molecular flexibility index (Phi) is 15.2. The fourth-order valence-electron chi connectivity index (χ4n) is 0. The molecule has 0 spiro atoms. The van der Waals surface area contributed by atoms with Gasteiger partial charge in [0.25, 0.3) is 0 Å². The first-order valence-electron chi connectivity index (χ1n) is 1.03. The molecule has 0 aliphatic carbocycles. The molecule has 0 aromatic heterocycles. The van der Waals surface area contributed by atoms with Crippen molar-refractivity contribution in [1.29, 1.82) is 0 Å². The van der Waals surface area contributed by atoms with Crippen LogP contribution in [0.25, 0.3) is 0 Å². The molecule has 3 nitrogen and oxygen atoms in total. The molecular weight excluding hydrogens is 314 g/mol. The summed E-state index contributed by atoms with van der Waals surface area (Å²) in [5, 5.41) is 1.25. The second kappa shape index (κ2) is 9.21. The summed E-state index contributed by atoms with van der Waals surface area (Å²) in [5.74, 6) is 0. The van der Waals surface area contributed by atoms with Crippen molar-refractivity contribution in [3.8, 4) is 0 Å². The first-order chi connectivity index (χ1) is 2.73. The van der Waals surface area contributed by atoms with Gasteiger partial charge >= 0.3 is 51.4 Å². The van der Waals surface area contributed by atoms with E-state index in [0.717, 1.165) is 0 Å². The Morgan fingerprint density at radius 1 is 1.33 bits per heavy atom. The Hall–Kier alpha value is 0.725. The molecule has 5 heteroatoms. The number of rotatable bonds is 0. The predicted octanol–water partition coefficient (Wildman–Crippen LogP) is -0.424. The molecule has 0 rings (SSSR count). The maximum absolute atomic E-state index is 9.17. The van der Waals surface area contributed by atoms with Crippen LogP contribution in [-0.2, 0) is 27.6 Å². The molecule has 0 radical (unpaired) electrons. The van der Waals surface area contributed by atoms with Gasteiger partial charge < -0.3 is 0 Å². The van der Waals surface area contributed by atoms with Gasteiger partial charge in [0.1, 0.15) is 0 Å². The molecule has 0 saturated heterocycles. The van der Waals surface area contributed by atoms with Crippen LogP contribution < -0.4 is 0 Å². The van der Waals surface area contributed by atoms with Crippen LogP contribution in [0, 0.1) is 0 Å². The van der Waals surface area contributed by atoms with E-state index in [9.17, 15) is 0 Å². The molecule has 0 N–H and O–H groups in total. The van der Waals surface area contributed by atoms with Crippen molar-refractivity contribution in [2.24, 2.45) is 0 Å². The van der Waals surface area contributed by atoms with Gasteiger partial charge in [0.2, 0.25) is 0 Å². The van der Waals surface area contributed by atoms with Crippen molar-refractivity contribution in [1.82, 2.24) is 0 Å². The summed E-state index contributed by atoms with van der Waals surface area (Å²) in [7, 11) is 0. The van der Waals surface area contributed by atoms with Crippen molar-refractivity contribution in [3.05, 3.63) is 0 Å². The van der Waals surface area contributed by atoms with Gasteiger partial charge in [0.05, 0.1) is 0 Å². The Labute approximate surface area is 51.5 Å². The molecule has 6 heavy (non-hydrogen) atoms. The molecule has 0 heterocycles. The van der Waals surface area contributed by atoms with Gasteiger partial charge in [-0.1, -0.05) is 0 Å². The quantitative estimate of drug-likeness (QED) is 0.570.